The summed E-state index contributed by atoms with van der Waals surface area (Å²) < 4.78 is 10.6. The van der Waals surface area contributed by atoms with Crippen molar-refractivity contribution in [1.82, 2.24) is 0 Å². The summed E-state index contributed by atoms with van der Waals surface area (Å²) in [6.07, 6.45) is 3.29. The number of rotatable bonds is 7. The Bertz CT molecular complexity index is 735. The van der Waals surface area contributed by atoms with Gasteiger partial charge in [-0.1, -0.05) is 24.3 Å². The lowest BCUT2D eigenvalue weighted by atomic mass is 10.1. The lowest BCUT2D eigenvalue weighted by Gasteiger charge is -2.10. The Kier molecular flexibility index (Phi) is 6.01. The van der Waals surface area contributed by atoms with Crippen molar-refractivity contribution in [3.8, 4) is 11.5 Å². The van der Waals surface area contributed by atoms with Gasteiger partial charge < -0.3 is 14.8 Å². The molecular weight excluding hydrogens is 302 g/mol. The van der Waals surface area contributed by atoms with E-state index in [4.69, 9.17) is 9.47 Å². The van der Waals surface area contributed by atoms with E-state index in [0.29, 0.717) is 23.1 Å². The number of allylic oxidation sites excluding steroid dienone is 1. The first-order valence-electron chi connectivity index (χ1n) is 7.85. The standard InChI is InChI=1S/C20H23NO3/c1-14(2)21-17-9-5-8-16(13-17)18(22)12-11-15-7-6-10-19(23-3)20(15)24-4/h5-14,21H,1-4H3/b12-11+. The number of carbonyl (C=O) groups is 1. The molecule has 2 rings (SSSR count). The van der Waals surface area contributed by atoms with Gasteiger partial charge in [-0.15, -0.1) is 0 Å². The number of anilines is 1. The van der Waals surface area contributed by atoms with Crippen molar-refractivity contribution in [2.45, 2.75) is 19.9 Å². The molecule has 4 nitrogen and oxygen atoms in total. The fourth-order valence-electron chi connectivity index (χ4n) is 2.40. The van der Waals surface area contributed by atoms with E-state index >= 15 is 0 Å². The molecule has 0 spiro atoms. The molecule has 0 radical (unpaired) electrons. The van der Waals surface area contributed by atoms with E-state index in [-0.39, 0.29) is 5.78 Å². The predicted octanol–water partition coefficient (Wildman–Crippen LogP) is 4.42. The summed E-state index contributed by atoms with van der Waals surface area (Å²) in [4.78, 5) is 12.4. The van der Waals surface area contributed by atoms with Gasteiger partial charge >= 0.3 is 0 Å². The zero-order valence-electron chi connectivity index (χ0n) is 14.5. The van der Waals surface area contributed by atoms with Gasteiger partial charge in [0, 0.05) is 22.9 Å². The normalized spacial score (nSPS) is 10.9. The van der Waals surface area contributed by atoms with Gasteiger partial charge in [-0.25, -0.2) is 0 Å². The second kappa shape index (κ2) is 8.20. The van der Waals surface area contributed by atoms with Gasteiger partial charge in [0.25, 0.3) is 0 Å². The van der Waals surface area contributed by atoms with Crippen LogP contribution in [0.3, 0.4) is 0 Å². The highest BCUT2D eigenvalue weighted by Gasteiger charge is 2.08. The molecule has 0 aliphatic carbocycles. The van der Waals surface area contributed by atoms with Crippen LogP contribution in [0.15, 0.2) is 48.5 Å². The molecule has 0 fully saturated rings. The number of benzene rings is 2. The van der Waals surface area contributed by atoms with Gasteiger partial charge in [-0.2, -0.15) is 0 Å². The number of ether oxygens (including phenoxy) is 2. The highest BCUT2D eigenvalue weighted by Crippen LogP contribution is 2.31. The molecule has 0 heterocycles. The van der Waals surface area contributed by atoms with Gasteiger partial charge in [0.05, 0.1) is 14.2 Å². The molecule has 0 atom stereocenters. The predicted molar refractivity (Wildman–Crippen MR) is 98.1 cm³/mol. The van der Waals surface area contributed by atoms with Crippen molar-refractivity contribution >= 4 is 17.5 Å². The van der Waals surface area contributed by atoms with E-state index in [2.05, 4.69) is 19.2 Å². The van der Waals surface area contributed by atoms with E-state index < -0.39 is 0 Å². The van der Waals surface area contributed by atoms with Gasteiger partial charge in [-0.05, 0) is 44.2 Å². The number of nitrogens with one attached hydrogen (secondary N) is 1. The molecule has 0 aromatic heterocycles. The van der Waals surface area contributed by atoms with Gasteiger partial charge in [0.2, 0.25) is 0 Å². The molecule has 0 unspecified atom stereocenters. The first kappa shape index (κ1) is 17.6. The first-order chi connectivity index (χ1) is 11.5. The quantitative estimate of drug-likeness (QED) is 0.605. The molecule has 0 aliphatic rings. The average Bonchev–Trinajstić information content (AvgIpc) is 2.58. The molecule has 0 aliphatic heterocycles. The number of para-hydroxylation sites is 1. The number of methoxy groups -OCH3 is 2. The van der Waals surface area contributed by atoms with Crippen LogP contribution in [0.4, 0.5) is 5.69 Å². The van der Waals surface area contributed by atoms with Crippen LogP contribution in [0.2, 0.25) is 0 Å². The van der Waals surface area contributed by atoms with Gasteiger partial charge in [-0.3, -0.25) is 4.79 Å². The minimum atomic E-state index is -0.0627. The highest BCUT2D eigenvalue weighted by molar-refractivity contribution is 6.07. The van der Waals surface area contributed by atoms with Crippen molar-refractivity contribution in [3.05, 3.63) is 59.7 Å². The van der Waals surface area contributed by atoms with Crippen molar-refractivity contribution in [2.75, 3.05) is 19.5 Å². The molecule has 0 amide bonds. The van der Waals surface area contributed by atoms with Crippen molar-refractivity contribution < 1.29 is 14.3 Å². The van der Waals surface area contributed by atoms with Crippen LogP contribution < -0.4 is 14.8 Å². The fraction of sp³-hybridized carbons (Fsp3) is 0.250. The molecule has 2 aromatic carbocycles. The maximum absolute atomic E-state index is 12.4. The van der Waals surface area contributed by atoms with Crippen LogP contribution in [0.1, 0.15) is 29.8 Å². The summed E-state index contributed by atoms with van der Waals surface area (Å²) in [6, 6.07) is 13.4. The second-order valence-corrected chi connectivity index (χ2v) is 5.66. The Morgan fingerprint density at radius 3 is 2.50 bits per heavy atom. The van der Waals surface area contributed by atoms with Crippen LogP contribution in [0.5, 0.6) is 11.5 Å². The molecule has 24 heavy (non-hydrogen) atoms. The maximum Gasteiger partial charge on any atom is 0.185 e. The van der Waals surface area contributed by atoms with Crippen LogP contribution in [0, 0.1) is 0 Å². The minimum absolute atomic E-state index is 0.0627. The maximum atomic E-state index is 12.4. The van der Waals surface area contributed by atoms with Crippen LogP contribution in [-0.4, -0.2) is 26.0 Å². The van der Waals surface area contributed by atoms with Crippen LogP contribution in [-0.2, 0) is 0 Å². The first-order valence-corrected chi connectivity index (χ1v) is 7.85. The van der Waals surface area contributed by atoms with E-state index in [1.54, 1.807) is 32.4 Å². The molecule has 126 valence electrons. The summed E-state index contributed by atoms with van der Waals surface area (Å²) in [7, 11) is 3.17. The molecule has 2 aromatic rings. The summed E-state index contributed by atoms with van der Waals surface area (Å²) in [5.41, 5.74) is 2.36. The Labute approximate surface area is 143 Å². The third-order valence-electron chi connectivity index (χ3n) is 3.45. The van der Waals surface area contributed by atoms with E-state index in [1.165, 1.54) is 0 Å². The topological polar surface area (TPSA) is 47.6 Å². The third kappa shape index (κ3) is 4.38. The number of carbonyl (C=O) groups excluding carboxylic acids is 1. The molecular formula is C20H23NO3. The zero-order valence-corrected chi connectivity index (χ0v) is 14.5. The monoisotopic (exact) mass is 325 g/mol. The van der Waals surface area contributed by atoms with E-state index in [1.807, 2.05) is 36.4 Å². The smallest absolute Gasteiger partial charge is 0.185 e. The molecule has 4 heteroatoms. The molecule has 1 N–H and O–H groups in total. The van der Waals surface area contributed by atoms with E-state index in [9.17, 15) is 4.79 Å². The fourth-order valence-corrected chi connectivity index (χ4v) is 2.40. The number of hydrogen-bond donors (Lipinski definition) is 1. The Hall–Kier alpha value is -2.75. The Morgan fingerprint density at radius 1 is 1.08 bits per heavy atom. The van der Waals surface area contributed by atoms with Crippen LogP contribution >= 0.6 is 0 Å². The molecule has 0 saturated heterocycles. The van der Waals surface area contributed by atoms with Crippen molar-refractivity contribution in [3.63, 3.8) is 0 Å². The van der Waals surface area contributed by atoms with Crippen molar-refractivity contribution in [1.29, 1.82) is 0 Å². The Morgan fingerprint density at radius 2 is 1.83 bits per heavy atom. The minimum Gasteiger partial charge on any atom is -0.493 e. The van der Waals surface area contributed by atoms with Gasteiger partial charge in [0.15, 0.2) is 17.3 Å². The number of hydrogen-bond acceptors (Lipinski definition) is 4. The van der Waals surface area contributed by atoms with Gasteiger partial charge in [0.1, 0.15) is 0 Å². The van der Waals surface area contributed by atoms with E-state index in [0.717, 1.165) is 11.3 Å². The summed E-state index contributed by atoms with van der Waals surface area (Å²) in [5, 5.41) is 3.29. The number of ketones is 1. The Balaban J connectivity index is 2.22. The largest absolute Gasteiger partial charge is 0.493 e. The zero-order chi connectivity index (χ0) is 17.5. The lowest BCUT2D eigenvalue weighted by molar-refractivity contribution is 0.104. The lowest BCUT2D eigenvalue weighted by Crippen LogP contribution is -2.10. The summed E-state index contributed by atoms with van der Waals surface area (Å²) >= 11 is 0. The molecule has 0 bridgehead atoms. The highest BCUT2D eigenvalue weighted by atomic mass is 16.5. The van der Waals surface area contributed by atoms with Crippen LogP contribution in [0.25, 0.3) is 6.08 Å². The summed E-state index contributed by atoms with van der Waals surface area (Å²) in [5.74, 6) is 1.18. The van der Waals surface area contributed by atoms with Crippen molar-refractivity contribution in [2.24, 2.45) is 0 Å². The summed E-state index contributed by atoms with van der Waals surface area (Å²) in [6.45, 7) is 4.12. The third-order valence-corrected chi connectivity index (χ3v) is 3.45. The molecule has 0 saturated carbocycles. The SMILES string of the molecule is COc1cccc(/C=C/C(=O)c2cccc(NC(C)C)c2)c1OC. The average molecular weight is 325 g/mol. The second-order valence-electron chi connectivity index (χ2n) is 5.66.